The molecule has 2 nitrogen and oxygen atoms in total. The number of aryl methyl sites for hydroxylation is 1. The summed E-state index contributed by atoms with van der Waals surface area (Å²) in [5.74, 6) is -0.702. The van der Waals surface area contributed by atoms with Gasteiger partial charge < -0.3 is 5.11 Å². The van der Waals surface area contributed by atoms with Crippen LogP contribution in [0.4, 0.5) is 0 Å². The third-order valence-corrected chi connectivity index (χ3v) is 4.25. The van der Waals surface area contributed by atoms with Gasteiger partial charge in [-0.05, 0) is 42.5 Å². The Balaban J connectivity index is 2.48. The Bertz CT molecular complexity index is 448. The molecular weight excluding hydrogens is 248 g/mol. The van der Waals surface area contributed by atoms with Gasteiger partial charge in [-0.15, -0.1) is 0 Å². The number of hydrogen-bond acceptors (Lipinski definition) is 1. The molecule has 0 amide bonds. The Hall–Kier alpha value is -1.02. The molecule has 0 saturated heterocycles. The van der Waals surface area contributed by atoms with E-state index in [2.05, 4.69) is 6.92 Å². The van der Waals surface area contributed by atoms with Crippen molar-refractivity contribution in [3.05, 3.63) is 34.3 Å². The van der Waals surface area contributed by atoms with Gasteiger partial charge in [0, 0.05) is 5.02 Å². The van der Waals surface area contributed by atoms with Crippen LogP contribution in [0.1, 0.15) is 50.2 Å². The molecule has 0 aliphatic heterocycles. The fourth-order valence-corrected chi connectivity index (χ4v) is 3.17. The number of aliphatic carboxylic acids is 1. The lowest BCUT2D eigenvalue weighted by molar-refractivity contribution is -0.145. The minimum atomic E-state index is -0.715. The Morgan fingerprint density at radius 1 is 1.28 bits per heavy atom. The van der Waals surface area contributed by atoms with Gasteiger partial charge in [0.1, 0.15) is 0 Å². The zero-order valence-electron chi connectivity index (χ0n) is 10.7. The molecule has 0 heterocycles. The Labute approximate surface area is 113 Å². The summed E-state index contributed by atoms with van der Waals surface area (Å²) in [7, 11) is 0. The van der Waals surface area contributed by atoms with Gasteiger partial charge in [0.15, 0.2) is 0 Å². The summed E-state index contributed by atoms with van der Waals surface area (Å²) < 4.78 is 0. The first kappa shape index (κ1) is 13.4. The van der Waals surface area contributed by atoms with Crippen LogP contribution in [0.5, 0.6) is 0 Å². The number of carboxylic acids is 1. The summed E-state index contributed by atoms with van der Waals surface area (Å²) in [6.45, 7) is 2.06. The lowest BCUT2D eigenvalue weighted by atomic mass is 9.69. The molecule has 1 saturated carbocycles. The van der Waals surface area contributed by atoms with Crippen LogP contribution < -0.4 is 0 Å². The van der Waals surface area contributed by atoms with E-state index < -0.39 is 11.4 Å². The molecule has 0 unspecified atom stereocenters. The van der Waals surface area contributed by atoms with Gasteiger partial charge >= 0.3 is 5.97 Å². The first-order chi connectivity index (χ1) is 8.58. The first-order valence-electron chi connectivity index (χ1n) is 6.62. The van der Waals surface area contributed by atoms with E-state index in [9.17, 15) is 9.90 Å². The normalized spacial score (nSPS) is 18.6. The Morgan fingerprint density at radius 2 is 1.94 bits per heavy atom. The maximum atomic E-state index is 11.7. The average molecular weight is 267 g/mol. The van der Waals surface area contributed by atoms with Crippen LogP contribution in [-0.4, -0.2) is 11.1 Å². The van der Waals surface area contributed by atoms with Crippen molar-refractivity contribution in [2.45, 2.75) is 50.9 Å². The number of carbonyl (C=O) groups is 1. The van der Waals surface area contributed by atoms with Crippen molar-refractivity contribution >= 4 is 17.6 Å². The van der Waals surface area contributed by atoms with E-state index in [0.717, 1.165) is 49.7 Å². The highest BCUT2D eigenvalue weighted by Crippen LogP contribution is 2.41. The molecule has 0 atom stereocenters. The van der Waals surface area contributed by atoms with Crippen molar-refractivity contribution in [1.29, 1.82) is 0 Å². The van der Waals surface area contributed by atoms with Gasteiger partial charge in [-0.2, -0.15) is 0 Å². The van der Waals surface area contributed by atoms with Crippen LogP contribution in [0.3, 0.4) is 0 Å². The molecule has 0 aromatic heterocycles. The molecule has 0 bridgehead atoms. The average Bonchev–Trinajstić information content (AvgIpc) is 2.38. The van der Waals surface area contributed by atoms with Crippen molar-refractivity contribution < 1.29 is 9.90 Å². The molecule has 1 aliphatic rings. The summed E-state index contributed by atoms with van der Waals surface area (Å²) in [6, 6.07) is 5.77. The molecule has 2 rings (SSSR count). The predicted molar refractivity (Wildman–Crippen MR) is 73.2 cm³/mol. The van der Waals surface area contributed by atoms with Crippen LogP contribution in [0.15, 0.2) is 18.2 Å². The molecule has 98 valence electrons. The zero-order valence-corrected chi connectivity index (χ0v) is 11.5. The molecule has 0 radical (unpaired) electrons. The minimum absolute atomic E-state index is 0.649. The third kappa shape index (κ3) is 2.39. The second-order valence-corrected chi connectivity index (χ2v) is 5.59. The molecule has 3 heteroatoms. The molecule has 18 heavy (non-hydrogen) atoms. The van der Waals surface area contributed by atoms with Gasteiger partial charge in [0.05, 0.1) is 5.41 Å². The standard InChI is InChI=1S/C15H19ClO2/c1-2-11-8-12(10-13(16)9-11)15(14(17)18)6-4-3-5-7-15/h8-10H,2-7H2,1H3,(H,17,18). The Morgan fingerprint density at radius 3 is 2.50 bits per heavy atom. The van der Waals surface area contributed by atoms with Gasteiger partial charge in [-0.25, -0.2) is 0 Å². The first-order valence-corrected chi connectivity index (χ1v) is 6.99. The smallest absolute Gasteiger partial charge is 0.314 e. The van der Waals surface area contributed by atoms with Crippen molar-refractivity contribution in [3.8, 4) is 0 Å². The molecular formula is C15H19ClO2. The topological polar surface area (TPSA) is 37.3 Å². The van der Waals surface area contributed by atoms with Crippen LogP contribution in [-0.2, 0) is 16.6 Å². The fourth-order valence-electron chi connectivity index (χ4n) is 2.91. The summed E-state index contributed by atoms with van der Waals surface area (Å²) in [4.78, 5) is 11.7. The maximum absolute atomic E-state index is 11.7. The van der Waals surface area contributed by atoms with Crippen molar-refractivity contribution in [2.24, 2.45) is 0 Å². The second-order valence-electron chi connectivity index (χ2n) is 5.15. The van der Waals surface area contributed by atoms with Crippen molar-refractivity contribution in [1.82, 2.24) is 0 Å². The van der Waals surface area contributed by atoms with E-state index in [-0.39, 0.29) is 0 Å². The van der Waals surface area contributed by atoms with E-state index in [1.165, 1.54) is 0 Å². The quantitative estimate of drug-likeness (QED) is 0.891. The zero-order chi connectivity index (χ0) is 13.2. The number of halogens is 1. The Kier molecular flexibility index (Phi) is 3.96. The largest absolute Gasteiger partial charge is 0.481 e. The monoisotopic (exact) mass is 266 g/mol. The lowest BCUT2D eigenvalue weighted by Gasteiger charge is -2.34. The second kappa shape index (κ2) is 5.31. The number of rotatable bonds is 3. The number of carboxylic acid groups (broad SMARTS) is 1. The molecule has 1 aromatic rings. The molecule has 1 fully saturated rings. The van der Waals surface area contributed by atoms with Gasteiger partial charge in [-0.3, -0.25) is 4.79 Å². The van der Waals surface area contributed by atoms with Crippen LogP contribution in [0.2, 0.25) is 5.02 Å². The highest BCUT2D eigenvalue weighted by molar-refractivity contribution is 6.30. The van der Waals surface area contributed by atoms with Gasteiger partial charge in [0.25, 0.3) is 0 Å². The van der Waals surface area contributed by atoms with Crippen molar-refractivity contribution in [2.75, 3.05) is 0 Å². The van der Waals surface area contributed by atoms with E-state index in [4.69, 9.17) is 11.6 Å². The fraction of sp³-hybridized carbons (Fsp3) is 0.533. The lowest BCUT2D eigenvalue weighted by Crippen LogP contribution is -2.37. The molecule has 0 spiro atoms. The van der Waals surface area contributed by atoms with E-state index in [1.54, 1.807) is 0 Å². The molecule has 1 N–H and O–H groups in total. The van der Waals surface area contributed by atoms with Crippen molar-refractivity contribution in [3.63, 3.8) is 0 Å². The minimum Gasteiger partial charge on any atom is -0.481 e. The van der Waals surface area contributed by atoms with Crippen LogP contribution in [0, 0.1) is 0 Å². The van der Waals surface area contributed by atoms with Crippen LogP contribution >= 0.6 is 11.6 Å². The van der Waals surface area contributed by atoms with Gasteiger partial charge in [0.2, 0.25) is 0 Å². The van der Waals surface area contributed by atoms with E-state index in [0.29, 0.717) is 5.02 Å². The maximum Gasteiger partial charge on any atom is 0.314 e. The third-order valence-electron chi connectivity index (χ3n) is 4.03. The SMILES string of the molecule is CCc1cc(Cl)cc(C2(C(=O)O)CCCCC2)c1. The summed E-state index contributed by atoms with van der Waals surface area (Å²) in [5.41, 5.74) is 1.29. The summed E-state index contributed by atoms with van der Waals surface area (Å²) >= 11 is 6.12. The molecule has 1 aliphatic carbocycles. The highest BCUT2D eigenvalue weighted by Gasteiger charge is 2.41. The van der Waals surface area contributed by atoms with E-state index >= 15 is 0 Å². The summed E-state index contributed by atoms with van der Waals surface area (Å²) in [6.07, 6.45) is 5.44. The predicted octanol–water partition coefficient (Wildman–Crippen LogP) is 4.19. The number of hydrogen-bond donors (Lipinski definition) is 1. The van der Waals surface area contributed by atoms with E-state index in [1.807, 2.05) is 18.2 Å². The highest BCUT2D eigenvalue weighted by atomic mass is 35.5. The summed E-state index contributed by atoms with van der Waals surface area (Å²) in [5, 5.41) is 10.3. The molecule has 1 aromatic carbocycles. The van der Waals surface area contributed by atoms with Crippen LogP contribution in [0.25, 0.3) is 0 Å². The number of benzene rings is 1. The van der Waals surface area contributed by atoms with Gasteiger partial charge in [-0.1, -0.05) is 43.9 Å².